The number of nitrogens with zero attached hydrogens (tertiary/aromatic N) is 2. The van der Waals surface area contributed by atoms with Gasteiger partial charge in [0.2, 0.25) is 0 Å². The lowest BCUT2D eigenvalue weighted by Gasteiger charge is -2.17. The number of aryl methyl sites for hydroxylation is 1. The summed E-state index contributed by atoms with van der Waals surface area (Å²) in [6, 6.07) is 11.2. The number of aromatic nitrogens is 2. The maximum atomic E-state index is 6.01. The summed E-state index contributed by atoms with van der Waals surface area (Å²) in [4.78, 5) is 0. The lowest BCUT2D eigenvalue weighted by Crippen LogP contribution is -2.17. The fraction of sp³-hybridized carbons (Fsp3) is 0.500. The van der Waals surface area contributed by atoms with Crippen LogP contribution in [-0.4, -0.2) is 16.3 Å². The molecular formula is C18H27N3. The first kappa shape index (κ1) is 15.8. The monoisotopic (exact) mass is 285 g/mol. The molecule has 1 unspecified atom stereocenters. The standard InChI is InChI=1S/C18H27N3/c1-4-17(5-2)21-11-10-16(20-21)12-15(13-19)18-9-7-6-8-14(18)3/h6-11,15,17H,4-5,12-13,19H2,1-3H3. The molecular weight excluding hydrogens is 258 g/mol. The molecule has 0 aliphatic heterocycles. The first-order chi connectivity index (χ1) is 10.2. The Morgan fingerprint density at radius 1 is 1.14 bits per heavy atom. The van der Waals surface area contributed by atoms with Gasteiger partial charge in [-0.1, -0.05) is 38.1 Å². The van der Waals surface area contributed by atoms with Gasteiger partial charge in [-0.25, -0.2) is 0 Å². The second kappa shape index (κ2) is 7.41. The van der Waals surface area contributed by atoms with Crippen LogP contribution < -0.4 is 5.73 Å². The zero-order chi connectivity index (χ0) is 15.2. The van der Waals surface area contributed by atoms with E-state index in [0.717, 1.165) is 25.0 Å². The molecule has 3 heteroatoms. The zero-order valence-electron chi connectivity index (χ0n) is 13.4. The van der Waals surface area contributed by atoms with Crippen molar-refractivity contribution in [3.63, 3.8) is 0 Å². The summed E-state index contributed by atoms with van der Waals surface area (Å²) < 4.78 is 2.11. The molecule has 0 aliphatic carbocycles. The highest BCUT2D eigenvalue weighted by molar-refractivity contribution is 5.30. The highest BCUT2D eigenvalue weighted by Gasteiger charge is 2.15. The van der Waals surface area contributed by atoms with E-state index >= 15 is 0 Å². The molecule has 0 bridgehead atoms. The van der Waals surface area contributed by atoms with Crippen LogP contribution >= 0.6 is 0 Å². The fourth-order valence-corrected chi connectivity index (χ4v) is 2.97. The van der Waals surface area contributed by atoms with Gasteiger partial charge in [-0.2, -0.15) is 5.10 Å². The number of nitrogens with two attached hydrogens (primary N) is 1. The molecule has 0 amide bonds. The van der Waals surface area contributed by atoms with Gasteiger partial charge in [-0.15, -0.1) is 0 Å². The Morgan fingerprint density at radius 2 is 1.86 bits per heavy atom. The lowest BCUT2D eigenvalue weighted by atomic mass is 9.91. The van der Waals surface area contributed by atoms with Gasteiger partial charge in [0.15, 0.2) is 0 Å². The van der Waals surface area contributed by atoms with E-state index < -0.39 is 0 Å². The fourth-order valence-electron chi connectivity index (χ4n) is 2.97. The van der Waals surface area contributed by atoms with Crippen molar-refractivity contribution in [3.8, 4) is 0 Å². The number of hydrogen-bond acceptors (Lipinski definition) is 2. The van der Waals surface area contributed by atoms with Crippen molar-refractivity contribution in [1.29, 1.82) is 0 Å². The normalized spacial score (nSPS) is 12.8. The van der Waals surface area contributed by atoms with E-state index in [1.165, 1.54) is 11.1 Å². The van der Waals surface area contributed by atoms with E-state index in [-0.39, 0.29) is 0 Å². The quantitative estimate of drug-likeness (QED) is 0.840. The van der Waals surface area contributed by atoms with Crippen LogP contribution in [0.2, 0.25) is 0 Å². The van der Waals surface area contributed by atoms with Gasteiger partial charge in [0.05, 0.1) is 11.7 Å². The molecule has 1 heterocycles. The van der Waals surface area contributed by atoms with Gasteiger partial charge in [-0.3, -0.25) is 4.68 Å². The van der Waals surface area contributed by atoms with Gasteiger partial charge >= 0.3 is 0 Å². The molecule has 114 valence electrons. The van der Waals surface area contributed by atoms with E-state index in [0.29, 0.717) is 18.5 Å². The van der Waals surface area contributed by atoms with Crippen LogP contribution in [0, 0.1) is 6.92 Å². The summed E-state index contributed by atoms with van der Waals surface area (Å²) in [5.74, 6) is 0.344. The van der Waals surface area contributed by atoms with Crippen LogP contribution in [0.25, 0.3) is 0 Å². The largest absolute Gasteiger partial charge is 0.330 e. The van der Waals surface area contributed by atoms with Crippen molar-refractivity contribution in [2.75, 3.05) is 6.54 Å². The van der Waals surface area contributed by atoms with E-state index in [1.807, 2.05) is 0 Å². The second-order valence-electron chi connectivity index (χ2n) is 5.75. The predicted octanol–water partition coefficient (Wildman–Crippen LogP) is 3.84. The Morgan fingerprint density at radius 3 is 2.48 bits per heavy atom. The van der Waals surface area contributed by atoms with E-state index in [2.05, 4.69) is 62.0 Å². The van der Waals surface area contributed by atoms with Crippen LogP contribution in [0.4, 0.5) is 0 Å². The smallest absolute Gasteiger partial charge is 0.0631 e. The molecule has 0 spiro atoms. The molecule has 0 saturated heterocycles. The van der Waals surface area contributed by atoms with Crippen molar-refractivity contribution < 1.29 is 0 Å². The molecule has 21 heavy (non-hydrogen) atoms. The average Bonchev–Trinajstić information content (AvgIpc) is 2.95. The van der Waals surface area contributed by atoms with Crippen molar-refractivity contribution >= 4 is 0 Å². The van der Waals surface area contributed by atoms with Crippen molar-refractivity contribution in [3.05, 3.63) is 53.3 Å². The Kier molecular flexibility index (Phi) is 5.57. The summed E-state index contributed by atoms with van der Waals surface area (Å²) in [6.07, 6.45) is 5.26. The highest BCUT2D eigenvalue weighted by Crippen LogP contribution is 2.23. The third-order valence-corrected chi connectivity index (χ3v) is 4.35. The minimum Gasteiger partial charge on any atom is -0.330 e. The van der Waals surface area contributed by atoms with Gasteiger partial charge in [-0.05, 0) is 49.9 Å². The Labute approximate surface area is 128 Å². The Bertz CT molecular complexity index is 555. The Hall–Kier alpha value is -1.61. The molecule has 2 N–H and O–H groups in total. The van der Waals surface area contributed by atoms with Crippen molar-refractivity contribution in [2.24, 2.45) is 5.73 Å². The molecule has 2 rings (SSSR count). The van der Waals surface area contributed by atoms with E-state index in [4.69, 9.17) is 10.8 Å². The van der Waals surface area contributed by atoms with Gasteiger partial charge in [0.1, 0.15) is 0 Å². The second-order valence-corrected chi connectivity index (χ2v) is 5.75. The van der Waals surface area contributed by atoms with Gasteiger partial charge in [0.25, 0.3) is 0 Å². The SMILES string of the molecule is CCC(CC)n1ccc(CC(CN)c2ccccc2C)n1. The van der Waals surface area contributed by atoms with Crippen LogP contribution in [0.1, 0.15) is 55.5 Å². The summed E-state index contributed by atoms with van der Waals surface area (Å²) in [6.45, 7) is 7.24. The van der Waals surface area contributed by atoms with Crippen LogP contribution in [0.3, 0.4) is 0 Å². The van der Waals surface area contributed by atoms with Crippen LogP contribution in [0.15, 0.2) is 36.5 Å². The van der Waals surface area contributed by atoms with E-state index in [9.17, 15) is 0 Å². The molecule has 1 aromatic heterocycles. The predicted molar refractivity (Wildman–Crippen MR) is 88.5 cm³/mol. The number of rotatable bonds is 7. The highest BCUT2D eigenvalue weighted by atomic mass is 15.3. The number of hydrogen-bond donors (Lipinski definition) is 1. The molecule has 0 saturated carbocycles. The summed E-state index contributed by atoms with van der Waals surface area (Å²) in [7, 11) is 0. The van der Waals surface area contributed by atoms with Crippen LogP contribution in [0.5, 0.6) is 0 Å². The molecule has 0 fully saturated rings. The molecule has 0 aliphatic rings. The van der Waals surface area contributed by atoms with Gasteiger partial charge in [0, 0.05) is 12.1 Å². The van der Waals surface area contributed by atoms with Crippen LogP contribution in [-0.2, 0) is 6.42 Å². The molecule has 2 aromatic rings. The molecule has 3 nitrogen and oxygen atoms in total. The zero-order valence-corrected chi connectivity index (χ0v) is 13.4. The summed E-state index contributed by atoms with van der Waals surface area (Å²) in [5.41, 5.74) is 9.80. The van der Waals surface area contributed by atoms with Crippen molar-refractivity contribution in [2.45, 2.75) is 52.0 Å². The van der Waals surface area contributed by atoms with Gasteiger partial charge < -0.3 is 5.73 Å². The average molecular weight is 285 g/mol. The maximum Gasteiger partial charge on any atom is 0.0631 e. The molecule has 0 radical (unpaired) electrons. The summed E-state index contributed by atoms with van der Waals surface area (Å²) in [5, 5.41) is 4.76. The third kappa shape index (κ3) is 3.73. The van der Waals surface area contributed by atoms with E-state index in [1.54, 1.807) is 0 Å². The number of benzene rings is 1. The topological polar surface area (TPSA) is 43.8 Å². The first-order valence-electron chi connectivity index (χ1n) is 7.99. The molecule has 1 atom stereocenters. The van der Waals surface area contributed by atoms with Crippen molar-refractivity contribution in [1.82, 2.24) is 9.78 Å². The third-order valence-electron chi connectivity index (χ3n) is 4.35. The molecule has 1 aromatic carbocycles. The Balaban J connectivity index is 2.14. The lowest BCUT2D eigenvalue weighted by molar-refractivity contribution is 0.424. The first-order valence-corrected chi connectivity index (χ1v) is 7.99. The minimum atomic E-state index is 0.344. The maximum absolute atomic E-state index is 6.01. The summed E-state index contributed by atoms with van der Waals surface area (Å²) >= 11 is 0. The minimum absolute atomic E-state index is 0.344.